The van der Waals surface area contributed by atoms with Gasteiger partial charge in [0.2, 0.25) is 0 Å². The van der Waals surface area contributed by atoms with Crippen LogP contribution in [0.3, 0.4) is 0 Å². The third-order valence-corrected chi connectivity index (χ3v) is 2.38. The molecule has 0 fully saturated rings. The zero-order chi connectivity index (χ0) is 11.0. The van der Waals surface area contributed by atoms with Crippen LogP contribution in [0, 0.1) is 18.3 Å². The van der Waals surface area contributed by atoms with Gasteiger partial charge in [-0.2, -0.15) is 0 Å². The lowest BCUT2D eigenvalue weighted by Crippen LogP contribution is -2.40. The first-order valence-electron chi connectivity index (χ1n) is 5.48. The lowest BCUT2D eigenvalue weighted by molar-refractivity contribution is 0.150. The number of hydrogen-bond donors (Lipinski definition) is 1. The van der Waals surface area contributed by atoms with E-state index in [0.717, 1.165) is 19.4 Å². The van der Waals surface area contributed by atoms with E-state index in [0.29, 0.717) is 12.5 Å². The molecule has 1 N–H and O–H groups in total. The van der Waals surface area contributed by atoms with Crippen molar-refractivity contribution in [3.8, 4) is 12.3 Å². The van der Waals surface area contributed by atoms with E-state index >= 15 is 0 Å². The van der Waals surface area contributed by atoms with E-state index in [1.54, 1.807) is 0 Å². The molecule has 0 radical (unpaired) electrons. The van der Waals surface area contributed by atoms with Crippen molar-refractivity contribution in [2.75, 3.05) is 19.7 Å². The lowest BCUT2D eigenvalue weighted by atomic mass is 10.0. The third kappa shape index (κ3) is 4.64. The molecule has 0 rings (SSSR count). The molecule has 0 saturated carbocycles. The molecule has 0 aromatic carbocycles. The van der Waals surface area contributed by atoms with Crippen molar-refractivity contribution in [2.24, 2.45) is 5.92 Å². The van der Waals surface area contributed by atoms with Gasteiger partial charge in [0, 0.05) is 6.54 Å². The SMILES string of the molecule is C#C[C@H](C(C)C)N(CCO)CCCC. The highest BCUT2D eigenvalue weighted by atomic mass is 16.3. The highest BCUT2D eigenvalue weighted by Crippen LogP contribution is 2.10. The molecule has 1 atom stereocenters. The average molecular weight is 197 g/mol. The maximum atomic E-state index is 8.95. The zero-order valence-corrected chi connectivity index (χ0v) is 9.66. The van der Waals surface area contributed by atoms with Gasteiger partial charge in [0.05, 0.1) is 12.6 Å². The molecular weight excluding hydrogens is 174 g/mol. The molecule has 2 heteroatoms. The molecule has 0 bridgehead atoms. The Morgan fingerprint density at radius 2 is 2.00 bits per heavy atom. The molecule has 0 amide bonds. The Morgan fingerprint density at radius 1 is 1.36 bits per heavy atom. The van der Waals surface area contributed by atoms with E-state index < -0.39 is 0 Å². The number of nitrogens with zero attached hydrogens (tertiary/aromatic N) is 1. The number of rotatable bonds is 7. The van der Waals surface area contributed by atoms with E-state index in [-0.39, 0.29) is 12.6 Å². The Balaban J connectivity index is 4.21. The molecule has 0 aromatic rings. The van der Waals surface area contributed by atoms with Crippen LogP contribution in [-0.4, -0.2) is 35.7 Å². The molecule has 0 aliphatic heterocycles. The molecule has 0 aliphatic carbocycles. The standard InChI is InChI=1S/C12H23NO/c1-5-7-8-13(9-10-14)12(6-2)11(3)4/h2,11-12,14H,5,7-10H2,1,3-4H3/t12-/m1/s1. The molecule has 2 nitrogen and oxygen atoms in total. The third-order valence-electron chi connectivity index (χ3n) is 2.38. The van der Waals surface area contributed by atoms with Gasteiger partial charge in [0.1, 0.15) is 0 Å². The summed E-state index contributed by atoms with van der Waals surface area (Å²) in [5.41, 5.74) is 0. The minimum atomic E-state index is 0.161. The van der Waals surface area contributed by atoms with Crippen molar-refractivity contribution in [1.82, 2.24) is 4.90 Å². The second kappa shape index (κ2) is 7.84. The second-order valence-corrected chi connectivity index (χ2v) is 3.97. The van der Waals surface area contributed by atoms with E-state index in [2.05, 4.69) is 31.6 Å². The Morgan fingerprint density at radius 3 is 2.36 bits per heavy atom. The van der Waals surface area contributed by atoms with Crippen LogP contribution in [0.1, 0.15) is 33.6 Å². The van der Waals surface area contributed by atoms with Gasteiger partial charge in [-0.3, -0.25) is 4.90 Å². The normalized spacial score (nSPS) is 13.2. The molecule has 0 unspecified atom stereocenters. The smallest absolute Gasteiger partial charge is 0.0735 e. The van der Waals surface area contributed by atoms with Crippen LogP contribution in [0.5, 0.6) is 0 Å². The van der Waals surface area contributed by atoms with E-state index in [4.69, 9.17) is 11.5 Å². The molecule has 0 aromatic heterocycles. The first-order valence-corrected chi connectivity index (χ1v) is 5.48. The first kappa shape index (κ1) is 13.5. The fourth-order valence-electron chi connectivity index (χ4n) is 1.60. The molecular formula is C12H23NO. The number of aliphatic hydroxyl groups excluding tert-OH is 1. The van der Waals surface area contributed by atoms with Crippen molar-refractivity contribution in [2.45, 2.75) is 39.7 Å². The summed E-state index contributed by atoms with van der Waals surface area (Å²) < 4.78 is 0. The molecule has 0 saturated heterocycles. The Labute approximate surface area is 88.3 Å². The highest BCUT2D eigenvalue weighted by molar-refractivity contribution is 5.01. The summed E-state index contributed by atoms with van der Waals surface area (Å²) in [6.45, 7) is 8.28. The Bertz CT molecular complexity index is 172. The predicted molar refractivity (Wildman–Crippen MR) is 61.0 cm³/mol. The van der Waals surface area contributed by atoms with Crippen LogP contribution in [0.25, 0.3) is 0 Å². The summed E-state index contributed by atoms with van der Waals surface area (Å²) in [6, 6.07) is 0.161. The number of terminal acetylenes is 1. The minimum Gasteiger partial charge on any atom is -0.395 e. The topological polar surface area (TPSA) is 23.5 Å². The van der Waals surface area contributed by atoms with E-state index in [9.17, 15) is 0 Å². The van der Waals surface area contributed by atoms with Crippen molar-refractivity contribution < 1.29 is 5.11 Å². The van der Waals surface area contributed by atoms with Crippen LogP contribution in [0.15, 0.2) is 0 Å². The summed E-state index contributed by atoms with van der Waals surface area (Å²) in [6.07, 6.45) is 7.81. The quantitative estimate of drug-likeness (QED) is 0.628. The summed E-state index contributed by atoms with van der Waals surface area (Å²) in [7, 11) is 0. The van der Waals surface area contributed by atoms with Gasteiger partial charge in [-0.25, -0.2) is 0 Å². The molecule has 0 heterocycles. The summed E-state index contributed by atoms with van der Waals surface area (Å²) in [5, 5.41) is 8.95. The maximum Gasteiger partial charge on any atom is 0.0735 e. The second-order valence-electron chi connectivity index (χ2n) is 3.97. The fraction of sp³-hybridized carbons (Fsp3) is 0.833. The number of hydrogen-bond acceptors (Lipinski definition) is 2. The fourth-order valence-corrected chi connectivity index (χ4v) is 1.60. The van der Waals surface area contributed by atoms with Gasteiger partial charge in [0.15, 0.2) is 0 Å². The van der Waals surface area contributed by atoms with Gasteiger partial charge >= 0.3 is 0 Å². The highest BCUT2D eigenvalue weighted by Gasteiger charge is 2.18. The van der Waals surface area contributed by atoms with Gasteiger partial charge in [-0.15, -0.1) is 6.42 Å². The number of unbranched alkanes of at least 4 members (excludes halogenated alkanes) is 1. The lowest BCUT2D eigenvalue weighted by Gasteiger charge is -2.30. The number of aliphatic hydroxyl groups is 1. The summed E-state index contributed by atoms with van der Waals surface area (Å²) >= 11 is 0. The van der Waals surface area contributed by atoms with E-state index in [1.165, 1.54) is 0 Å². The van der Waals surface area contributed by atoms with Gasteiger partial charge < -0.3 is 5.11 Å². The van der Waals surface area contributed by atoms with Crippen LogP contribution in [-0.2, 0) is 0 Å². The van der Waals surface area contributed by atoms with Gasteiger partial charge in [-0.1, -0.05) is 33.1 Å². The first-order chi connectivity index (χ1) is 6.67. The molecule has 0 aliphatic rings. The average Bonchev–Trinajstić information content (AvgIpc) is 2.14. The van der Waals surface area contributed by atoms with Crippen molar-refractivity contribution in [3.63, 3.8) is 0 Å². The van der Waals surface area contributed by atoms with Crippen molar-refractivity contribution >= 4 is 0 Å². The van der Waals surface area contributed by atoms with Crippen LogP contribution >= 0.6 is 0 Å². The largest absolute Gasteiger partial charge is 0.395 e. The maximum absolute atomic E-state index is 8.95. The van der Waals surface area contributed by atoms with Crippen molar-refractivity contribution in [1.29, 1.82) is 0 Å². The molecule has 0 spiro atoms. The molecule has 82 valence electrons. The summed E-state index contributed by atoms with van der Waals surface area (Å²) in [5.74, 6) is 3.26. The van der Waals surface area contributed by atoms with E-state index in [1.807, 2.05) is 0 Å². The summed E-state index contributed by atoms with van der Waals surface area (Å²) in [4.78, 5) is 2.20. The van der Waals surface area contributed by atoms with Crippen LogP contribution in [0.4, 0.5) is 0 Å². The zero-order valence-electron chi connectivity index (χ0n) is 9.66. The van der Waals surface area contributed by atoms with Gasteiger partial charge in [-0.05, 0) is 18.9 Å². The monoisotopic (exact) mass is 197 g/mol. The predicted octanol–water partition coefficient (Wildman–Crippen LogP) is 1.74. The van der Waals surface area contributed by atoms with Gasteiger partial charge in [0.25, 0.3) is 0 Å². The minimum absolute atomic E-state index is 0.161. The van der Waals surface area contributed by atoms with Crippen LogP contribution < -0.4 is 0 Å². The van der Waals surface area contributed by atoms with Crippen molar-refractivity contribution in [3.05, 3.63) is 0 Å². The van der Waals surface area contributed by atoms with Crippen LogP contribution in [0.2, 0.25) is 0 Å². The molecule has 14 heavy (non-hydrogen) atoms. The Hall–Kier alpha value is -0.520. The Kier molecular flexibility index (Phi) is 7.55.